The molecule has 0 saturated carbocycles. The lowest BCUT2D eigenvalue weighted by Gasteiger charge is -2.04. The predicted molar refractivity (Wildman–Crippen MR) is 97.7 cm³/mol. The number of hydrazone groups is 1. The average Bonchev–Trinajstić information content (AvgIpc) is 3.01. The van der Waals surface area contributed by atoms with Crippen LogP contribution in [0.3, 0.4) is 0 Å². The Labute approximate surface area is 139 Å². The highest BCUT2D eigenvalue weighted by Crippen LogP contribution is 2.25. The molecular weight excluding hydrogens is 306 g/mol. The molecule has 0 saturated heterocycles. The van der Waals surface area contributed by atoms with Crippen molar-refractivity contribution in [1.29, 1.82) is 0 Å². The third kappa shape index (κ3) is 4.07. The van der Waals surface area contributed by atoms with Crippen LogP contribution in [-0.2, 0) is 6.42 Å². The second-order valence-electron chi connectivity index (χ2n) is 5.29. The quantitative estimate of drug-likeness (QED) is 0.526. The van der Waals surface area contributed by atoms with Crippen LogP contribution in [0.2, 0.25) is 0 Å². The summed E-state index contributed by atoms with van der Waals surface area (Å²) in [6.45, 7) is 2.03. The molecule has 0 aliphatic heterocycles. The molecule has 0 unspecified atom stereocenters. The summed E-state index contributed by atoms with van der Waals surface area (Å²) in [5.41, 5.74) is 6.40. The number of rotatable bonds is 6. The van der Waals surface area contributed by atoms with Gasteiger partial charge in [0.2, 0.25) is 5.13 Å². The van der Waals surface area contributed by atoms with Crippen molar-refractivity contribution in [3.63, 3.8) is 0 Å². The lowest BCUT2D eigenvalue weighted by Crippen LogP contribution is -1.99. The van der Waals surface area contributed by atoms with Crippen LogP contribution in [0.5, 0.6) is 5.75 Å². The first-order valence-electron chi connectivity index (χ1n) is 7.52. The summed E-state index contributed by atoms with van der Waals surface area (Å²) in [6, 6.07) is 16.3. The summed E-state index contributed by atoms with van der Waals surface area (Å²) in [6.07, 6.45) is 1.87. The molecular formula is C18H19N3OS. The first kappa shape index (κ1) is 15.5. The van der Waals surface area contributed by atoms with E-state index in [2.05, 4.69) is 33.7 Å². The minimum atomic E-state index is 0.829. The maximum absolute atomic E-state index is 5.17. The number of hydrogen-bond donors (Lipinski definition) is 1. The van der Waals surface area contributed by atoms with Crippen LogP contribution in [0.15, 0.2) is 53.6 Å². The van der Waals surface area contributed by atoms with Gasteiger partial charge in [-0.2, -0.15) is 5.10 Å². The van der Waals surface area contributed by atoms with E-state index in [1.165, 1.54) is 10.3 Å². The lowest BCUT2D eigenvalue weighted by atomic mass is 10.1. The monoisotopic (exact) mass is 325 g/mol. The fraction of sp³-hybridized carbons (Fsp3) is 0.222. The van der Waals surface area contributed by atoms with Gasteiger partial charge in [0.25, 0.3) is 0 Å². The Morgan fingerprint density at radius 3 is 2.70 bits per heavy atom. The molecule has 1 aromatic heterocycles. The van der Waals surface area contributed by atoms with Gasteiger partial charge in [0.1, 0.15) is 5.75 Å². The molecule has 4 nitrogen and oxygen atoms in total. The van der Waals surface area contributed by atoms with E-state index < -0.39 is 0 Å². The van der Waals surface area contributed by atoms with E-state index in [0.717, 1.165) is 35.0 Å². The molecule has 3 aromatic rings. The Balaban J connectivity index is 1.56. The summed E-state index contributed by atoms with van der Waals surface area (Å²) in [7, 11) is 1.68. The molecule has 1 N–H and O–H groups in total. The van der Waals surface area contributed by atoms with Crippen LogP contribution >= 0.6 is 11.3 Å². The third-order valence-electron chi connectivity index (χ3n) is 3.57. The molecule has 5 heteroatoms. The molecule has 1 heterocycles. The summed E-state index contributed by atoms with van der Waals surface area (Å²) in [5, 5.41) is 5.26. The Morgan fingerprint density at radius 2 is 1.96 bits per heavy atom. The number of fused-ring (bicyclic) bond motifs is 1. The minimum Gasteiger partial charge on any atom is -0.497 e. The predicted octanol–water partition coefficient (Wildman–Crippen LogP) is 4.73. The zero-order valence-electron chi connectivity index (χ0n) is 13.2. The van der Waals surface area contributed by atoms with Gasteiger partial charge in [-0.15, -0.1) is 0 Å². The zero-order valence-corrected chi connectivity index (χ0v) is 14.1. The number of hydrogen-bond acceptors (Lipinski definition) is 5. The number of anilines is 1. The van der Waals surface area contributed by atoms with Crippen LogP contribution < -0.4 is 10.2 Å². The molecule has 0 radical (unpaired) electrons. The number of benzene rings is 2. The molecule has 0 bridgehead atoms. The number of nitrogens with zero attached hydrogens (tertiary/aromatic N) is 2. The first-order chi connectivity index (χ1) is 11.2. The largest absolute Gasteiger partial charge is 0.497 e. The summed E-state index contributed by atoms with van der Waals surface area (Å²) < 4.78 is 6.34. The van der Waals surface area contributed by atoms with Gasteiger partial charge in [0.05, 0.1) is 17.3 Å². The summed E-state index contributed by atoms with van der Waals surface area (Å²) in [4.78, 5) is 4.51. The number of aryl methyl sites for hydroxylation is 1. The van der Waals surface area contributed by atoms with Crippen molar-refractivity contribution in [3.05, 3.63) is 54.1 Å². The van der Waals surface area contributed by atoms with Crippen molar-refractivity contribution in [1.82, 2.24) is 4.98 Å². The first-order valence-corrected chi connectivity index (χ1v) is 8.34. The van der Waals surface area contributed by atoms with Crippen LogP contribution in [0.1, 0.15) is 18.9 Å². The standard InChI is InChI=1S/C18H19N3OS/c1-13(7-8-14-9-11-15(22-2)12-10-14)20-21-18-19-16-5-3-4-6-17(16)23-18/h3-6,9-12H,7-8H2,1-2H3,(H,19,21)/b20-13-. The van der Waals surface area contributed by atoms with Crippen LogP contribution in [0.4, 0.5) is 5.13 Å². The van der Waals surface area contributed by atoms with Crippen LogP contribution in [-0.4, -0.2) is 17.8 Å². The van der Waals surface area contributed by atoms with Gasteiger partial charge >= 0.3 is 0 Å². The second kappa shape index (κ2) is 7.24. The van der Waals surface area contributed by atoms with Gasteiger partial charge in [0.15, 0.2) is 0 Å². The van der Waals surface area contributed by atoms with Crippen LogP contribution in [0.25, 0.3) is 10.2 Å². The highest BCUT2D eigenvalue weighted by molar-refractivity contribution is 7.22. The van der Waals surface area contributed by atoms with Crippen molar-refractivity contribution in [2.75, 3.05) is 12.5 Å². The molecule has 23 heavy (non-hydrogen) atoms. The van der Waals surface area contributed by atoms with Gasteiger partial charge in [-0.3, -0.25) is 5.43 Å². The van der Waals surface area contributed by atoms with Crippen molar-refractivity contribution in [2.24, 2.45) is 5.10 Å². The number of thiazole rings is 1. The number of ether oxygens (including phenoxy) is 1. The highest BCUT2D eigenvalue weighted by atomic mass is 32.1. The fourth-order valence-corrected chi connectivity index (χ4v) is 3.05. The van der Waals surface area contributed by atoms with E-state index >= 15 is 0 Å². The Kier molecular flexibility index (Phi) is 4.88. The molecule has 0 aliphatic rings. The third-order valence-corrected chi connectivity index (χ3v) is 4.51. The van der Waals surface area contributed by atoms with Crippen molar-refractivity contribution >= 4 is 32.4 Å². The molecule has 0 amide bonds. The summed E-state index contributed by atoms with van der Waals surface area (Å²) in [5.74, 6) is 0.886. The number of para-hydroxylation sites is 1. The fourth-order valence-electron chi connectivity index (χ4n) is 2.24. The second-order valence-corrected chi connectivity index (χ2v) is 6.32. The van der Waals surface area contributed by atoms with Gasteiger partial charge in [-0.1, -0.05) is 35.6 Å². The number of methoxy groups -OCH3 is 1. The topological polar surface area (TPSA) is 46.5 Å². The Hall–Kier alpha value is -2.40. The molecule has 0 atom stereocenters. The summed E-state index contributed by atoms with van der Waals surface area (Å²) >= 11 is 1.61. The maximum atomic E-state index is 5.17. The Morgan fingerprint density at radius 1 is 1.17 bits per heavy atom. The molecule has 0 aliphatic carbocycles. The zero-order chi connectivity index (χ0) is 16.1. The van der Waals surface area contributed by atoms with E-state index in [4.69, 9.17) is 4.74 Å². The van der Waals surface area contributed by atoms with E-state index in [1.807, 2.05) is 37.3 Å². The van der Waals surface area contributed by atoms with Gasteiger partial charge in [-0.05, 0) is 49.6 Å². The minimum absolute atomic E-state index is 0.829. The highest BCUT2D eigenvalue weighted by Gasteiger charge is 2.02. The average molecular weight is 325 g/mol. The van der Waals surface area contributed by atoms with E-state index in [9.17, 15) is 0 Å². The number of aromatic nitrogens is 1. The van der Waals surface area contributed by atoms with E-state index in [0.29, 0.717) is 0 Å². The van der Waals surface area contributed by atoms with Crippen LogP contribution in [0, 0.1) is 0 Å². The molecule has 2 aromatic carbocycles. The van der Waals surface area contributed by atoms with E-state index in [-0.39, 0.29) is 0 Å². The molecule has 0 spiro atoms. The Bertz CT molecular complexity index is 776. The molecule has 3 rings (SSSR count). The van der Waals surface area contributed by atoms with Gasteiger partial charge in [0, 0.05) is 5.71 Å². The van der Waals surface area contributed by atoms with Crippen molar-refractivity contribution < 1.29 is 4.74 Å². The van der Waals surface area contributed by atoms with E-state index in [1.54, 1.807) is 18.4 Å². The molecule has 118 valence electrons. The van der Waals surface area contributed by atoms with Crippen molar-refractivity contribution in [2.45, 2.75) is 19.8 Å². The number of nitrogens with one attached hydrogen (secondary N) is 1. The maximum Gasteiger partial charge on any atom is 0.204 e. The normalized spacial score (nSPS) is 11.7. The SMILES string of the molecule is COc1ccc(CC/C(C)=N\Nc2nc3ccccc3s2)cc1. The van der Waals surface area contributed by atoms with Crippen molar-refractivity contribution in [3.8, 4) is 5.75 Å². The molecule has 0 fully saturated rings. The lowest BCUT2D eigenvalue weighted by molar-refractivity contribution is 0.414. The van der Waals surface area contributed by atoms with Gasteiger partial charge < -0.3 is 4.74 Å². The van der Waals surface area contributed by atoms with Gasteiger partial charge in [-0.25, -0.2) is 4.98 Å². The smallest absolute Gasteiger partial charge is 0.204 e.